The maximum atomic E-state index is 13.1. The zero-order chi connectivity index (χ0) is 13.0. The van der Waals surface area contributed by atoms with Crippen LogP contribution in [0.2, 0.25) is 0 Å². The smallest absolute Gasteiger partial charge is 0.176 e. The maximum Gasteiger partial charge on any atom is 0.176 e. The Kier molecular flexibility index (Phi) is 4.44. The van der Waals surface area contributed by atoms with Crippen molar-refractivity contribution in [3.8, 4) is 0 Å². The Balaban J connectivity index is 1.95. The zero-order valence-corrected chi connectivity index (χ0v) is 10.6. The Morgan fingerprint density at radius 1 is 1.50 bits per heavy atom. The fourth-order valence-corrected chi connectivity index (χ4v) is 1.98. The summed E-state index contributed by atoms with van der Waals surface area (Å²) in [6, 6.07) is 6.37. The second-order valence-corrected chi connectivity index (χ2v) is 4.63. The number of Topliss-reactive ketones (excluding diaryl/α,β-unsaturated/α-hetero) is 1. The molecule has 0 bridgehead atoms. The van der Waals surface area contributed by atoms with E-state index in [9.17, 15) is 9.18 Å². The van der Waals surface area contributed by atoms with E-state index in [0.29, 0.717) is 24.8 Å². The summed E-state index contributed by atoms with van der Waals surface area (Å²) in [7, 11) is 1.65. The van der Waals surface area contributed by atoms with Crippen molar-refractivity contribution in [1.29, 1.82) is 0 Å². The highest BCUT2D eigenvalue weighted by Gasteiger charge is 2.30. The second kappa shape index (κ2) is 6.07. The molecule has 0 amide bonds. The van der Waals surface area contributed by atoms with Crippen molar-refractivity contribution in [2.75, 3.05) is 26.8 Å². The Hall–Kier alpha value is -1.26. The molecule has 0 heterocycles. The van der Waals surface area contributed by atoms with Gasteiger partial charge in [-0.2, -0.15) is 0 Å². The number of hydrogen-bond donors (Lipinski definition) is 0. The first-order valence-corrected chi connectivity index (χ1v) is 6.22. The summed E-state index contributed by atoms with van der Waals surface area (Å²) >= 11 is 0. The molecule has 0 radical (unpaired) electrons. The van der Waals surface area contributed by atoms with E-state index < -0.39 is 0 Å². The van der Waals surface area contributed by atoms with Gasteiger partial charge in [-0.15, -0.1) is 0 Å². The molecule has 1 fully saturated rings. The van der Waals surface area contributed by atoms with Crippen LogP contribution in [0, 0.1) is 5.82 Å². The van der Waals surface area contributed by atoms with Gasteiger partial charge in [-0.1, -0.05) is 12.1 Å². The first kappa shape index (κ1) is 13.2. The number of halogens is 1. The minimum atomic E-state index is -0.365. The van der Waals surface area contributed by atoms with Crippen LogP contribution >= 0.6 is 0 Å². The molecule has 0 saturated heterocycles. The number of ether oxygens (including phenoxy) is 1. The molecule has 0 spiro atoms. The number of carbonyl (C=O) groups is 1. The molecule has 0 N–H and O–H groups in total. The summed E-state index contributed by atoms with van der Waals surface area (Å²) in [4.78, 5) is 14.2. The molecule has 1 aliphatic rings. The standard InChI is InChI=1S/C14H18FNO2/c1-18-8-7-16(13-5-6-13)10-14(17)11-3-2-4-12(15)9-11/h2-4,9,13H,5-8,10H2,1H3. The molecular formula is C14H18FNO2. The van der Waals surface area contributed by atoms with Crippen molar-refractivity contribution in [3.63, 3.8) is 0 Å². The lowest BCUT2D eigenvalue weighted by Crippen LogP contribution is -2.34. The van der Waals surface area contributed by atoms with E-state index in [0.717, 1.165) is 19.4 Å². The van der Waals surface area contributed by atoms with Gasteiger partial charge in [0.2, 0.25) is 0 Å². The Morgan fingerprint density at radius 2 is 2.28 bits per heavy atom. The van der Waals surface area contributed by atoms with Crippen LogP contribution in [0.3, 0.4) is 0 Å². The van der Waals surface area contributed by atoms with Crippen LogP contribution in [0.15, 0.2) is 24.3 Å². The lowest BCUT2D eigenvalue weighted by molar-refractivity contribution is 0.0885. The Bertz CT molecular complexity index is 418. The molecule has 0 aromatic heterocycles. The third-order valence-electron chi connectivity index (χ3n) is 3.14. The van der Waals surface area contributed by atoms with Gasteiger partial charge in [0.25, 0.3) is 0 Å². The van der Waals surface area contributed by atoms with Crippen LogP contribution in [0.4, 0.5) is 4.39 Å². The largest absolute Gasteiger partial charge is 0.383 e. The van der Waals surface area contributed by atoms with Crippen LogP contribution in [-0.4, -0.2) is 43.5 Å². The Labute approximate surface area is 107 Å². The molecule has 1 aromatic rings. The summed E-state index contributed by atoms with van der Waals surface area (Å²) < 4.78 is 18.1. The molecule has 18 heavy (non-hydrogen) atoms. The summed E-state index contributed by atoms with van der Waals surface area (Å²) in [6.45, 7) is 1.71. The van der Waals surface area contributed by atoms with Gasteiger partial charge in [-0.05, 0) is 25.0 Å². The van der Waals surface area contributed by atoms with Crippen LogP contribution in [0.25, 0.3) is 0 Å². The van der Waals surface area contributed by atoms with Gasteiger partial charge in [0.1, 0.15) is 5.82 Å². The minimum absolute atomic E-state index is 0.0301. The molecule has 0 atom stereocenters. The van der Waals surface area contributed by atoms with Gasteiger partial charge in [0.15, 0.2) is 5.78 Å². The number of ketones is 1. The predicted molar refractivity (Wildman–Crippen MR) is 67.2 cm³/mol. The molecule has 1 aromatic carbocycles. The van der Waals surface area contributed by atoms with Crippen LogP contribution in [0.5, 0.6) is 0 Å². The number of nitrogens with zero attached hydrogens (tertiary/aromatic N) is 1. The predicted octanol–water partition coefficient (Wildman–Crippen LogP) is 2.12. The summed E-state index contributed by atoms with van der Waals surface area (Å²) in [5, 5.41) is 0. The number of benzene rings is 1. The van der Waals surface area contributed by atoms with E-state index >= 15 is 0 Å². The SMILES string of the molecule is COCCN(CC(=O)c1cccc(F)c1)C1CC1. The van der Waals surface area contributed by atoms with Gasteiger partial charge in [-0.3, -0.25) is 9.69 Å². The highest BCUT2D eigenvalue weighted by molar-refractivity contribution is 5.97. The van der Waals surface area contributed by atoms with E-state index in [1.807, 2.05) is 0 Å². The normalized spacial score (nSPS) is 15.1. The average Bonchev–Trinajstić information content (AvgIpc) is 3.18. The fraction of sp³-hybridized carbons (Fsp3) is 0.500. The molecule has 1 aliphatic carbocycles. The number of hydrogen-bond acceptors (Lipinski definition) is 3. The molecular weight excluding hydrogens is 233 g/mol. The zero-order valence-electron chi connectivity index (χ0n) is 10.6. The van der Waals surface area contributed by atoms with Gasteiger partial charge < -0.3 is 4.74 Å². The Morgan fingerprint density at radius 3 is 2.89 bits per heavy atom. The van der Waals surface area contributed by atoms with E-state index in [-0.39, 0.29) is 11.6 Å². The van der Waals surface area contributed by atoms with Crippen molar-refractivity contribution in [3.05, 3.63) is 35.6 Å². The molecule has 0 aliphatic heterocycles. The van der Waals surface area contributed by atoms with E-state index in [4.69, 9.17) is 4.74 Å². The minimum Gasteiger partial charge on any atom is -0.383 e. The third-order valence-corrected chi connectivity index (χ3v) is 3.14. The first-order valence-electron chi connectivity index (χ1n) is 6.22. The van der Waals surface area contributed by atoms with E-state index in [1.54, 1.807) is 19.2 Å². The van der Waals surface area contributed by atoms with E-state index in [2.05, 4.69) is 4.90 Å². The third kappa shape index (κ3) is 3.62. The van der Waals surface area contributed by atoms with Crippen molar-refractivity contribution < 1.29 is 13.9 Å². The molecule has 98 valence electrons. The average molecular weight is 251 g/mol. The monoisotopic (exact) mass is 251 g/mol. The van der Waals surface area contributed by atoms with Gasteiger partial charge in [0, 0.05) is 25.3 Å². The first-order chi connectivity index (χ1) is 8.70. The summed E-state index contributed by atoms with van der Waals surface area (Å²) in [5.41, 5.74) is 0.443. The van der Waals surface area contributed by atoms with Crippen molar-refractivity contribution in [1.82, 2.24) is 4.90 Å². The van der Waals surface area contributed by atoms with Crippen molar-refractivity contribution in [2.24, 2.45) is 0 Å². The van der Waals surface area contributed by atoms with Gasteiger partial charge in [-0.25, -0.2) is 4.39 Å². The molecule has 2 rings (SSSR count). The number of carbonyl (C=O) groups excluding carboxylic acids is 1. The topological polar surface area (TPSA) is 29.5 Å². The summed E-state index contributed by atoms with van der Waals surface area (Å²) in [6.07, 6.45) is 2.28. The van der Waals surface area contributed by atoms with E-state index in [1.165, 1.54) is 12.1 Å². The molecule has 1 saturated carbocycles. The highest BCUT2D eigenvalue weighted by Crippen LogP contribution is 2.26. The van der Waals surface area contributed by atoms with Gasteiger partial charge in [0.05, 0.1) is 13.2 Å². The number of methoxy groups -OCH3 is 1. The second-order valence-electron chi connectivity index (χ2n) is 4.63. The molecule has 3 nitrogen and oxygen atoms in total. The maximum absolute atomic E-state index is 13.1. The molecule has 4 heteroatoms. The van der Waals surface area contributed by atoms with Crippen LogP contribution < -0.4 is 0 Å². The fourth-order valence-electron chi connectivity index (χ4n) is 1.98. The van der Waals surface area contributed by atoms with Crippen molar-refractivity contribution >= 4 is 5.78 Å². The highest BCUT2D eigenvalue weighted by atomic mass is 19.1. The summed E-state index contributed by atoms with van der Waals surface area (Å²) in [5.74, 6) is -0.395. The van der Waals surface area contributed by atoms with Crippen LogP contribution in [0.1, 0.15) is 23.2 Å². The quantitative estimate of drug-likeness (QED) is 0.695. The van der Waals surface area contributed by atoms with Crippen molar-refractivity contribution in [2.45, 2.75) is 18.9 Å². The van der Waals surface area contributed by atoms with Crippen LogP contribution in [-0.2, 0) is 4.74 Å². The number of rotatable bonds is 7. The lowest BCUT2D eigenvalue weighted by Gasteiger charge is -2.20. The lowest BCUT2D eigenvalue weighted by atomic mass is 10.1. The molecule has 0 unspecified atom stereocenters. The van der Waals surface area contributed by atoms with Gasteiger partial charge >= 0.3 is 0 Å².